The van der Waals surface area contributed by atoms with Crippen LogP contribution >= 0.6 is 0 Å². The first-order chi connectivity index (χ1) is 11.0. The second-order valence-corrected chi connectivity index (χ2v) is 5.92. The standard InChI is InChI=1S/C16H21F2NO4/c1-2-21-10-11-5-6-19(7-11)8-12-3-4-13(9-20)15-14(12)22-16(17,18)23-15/h3-4,11,20H,2,5-10H2,1H3/t11-/m0/s1. The van der Waals surface area contributed by atoms with Crippen molar-refractivity contribution in [2.45, 2.75) is 32.8 Å². The van der Waals surface area contributed by atoms with Gasteiger partial charge in [0.2, 0.25) is 0 Å². The van der Waals surface area contributed by atoms with Crippen LogP contribution in [0.4, 0.5) is 8.78 Å². The second kappa shape index (κ2) is 6.59. The Kier molecular flexibility index (Phi) is 4.70. The summed E-state index contributed by atoms with van der Waals surface area (Å²) in [6.07, 6.45) is -2.64. The van der Waals surface area contributed by atoms with Gasteiger partial charge in [0.1, 0.15) is 0 Å². The van der Waals surface area contributed by atoms with Crippen molar-refractivity contribution in [2.24, 2.45) is 5.92 Å². The number of likely N-dealkylation sites (tertiary alicyclic amines) is 1. The van der Waals surface area contributed by atoms with Crippen molar-refractivity contribution >= 4 is 0 Å². The smallest absolute Gasteiger partial charge is 0.395 e. The number of rotatable bonds is 6. The van der Waals surface area contributed by atoms with Crippen LogP contribution in [0.15, 0.2) is 12.1 Å². The summed E-state index contributed by atoms with van der Waals surface area (Å²) in [6, 6.07) is 3.32. The average Bonchev–Trinajstić information content (AvgIpc) is 3.08. The normalized spacial score (nSPS) is 22.7. The van der Waals surface area contributed by atoms with Crippen LogP contribution in [-0.2, 0) is 17.9 Å². The highest BCUT2D eigenvalue weighted by atomic mass is 19.3. The first-order valence-corrected chi connectivity index (χ1v) is 7.84. The van der Waals surface area contributed by atoms with Gasteiger partial charge in [-0.15, -0.1) is 8.78 Å². The Hall–Kier alpha value is -1.44. The molecule has 0 radical (unpaired) electrons. The van der Waals surface area contributed by atoms with E-state index in [0.717, 1.165) is 26.1 Å². The fourth-order valence-electron chi connectivity index (χ4n) is 3.09. The highest BCUT2D eigenvalue weighted by Gasteiger charge is 2.45. The lowest BCUT2D eigenvalue weighted by molar-refractivity contribution is -0.287. The van der Waals surface area contributed by atoms with Crippen LogP contribution in [-0.4, -0.2) is 42.6 Å². The quantitative estimate of drug-likeness (QED) is 0.868. The van der Waals surface area contributed by atoms with E-state index in [2.05, 4.69) is 14.4 Å². The molecule has 1 N–H and O–H groups in total. The molecule has 1 aromatic carbocycles. The molecule has 1 fully saturated rings. The Labute approximate surface area is 133 Å². The lowest BCUT2D eigenvalue weighted by atomic mass is 10.1. The molecule has 0 saturated carbocycles. The summed E-state index contributed by atoms with van der Waals surface area (Å²) < 4.78 is 41.4. The molecule has 0 spiro atoms. The van der Waals surface area contributed by atoms with E-state index in [9.17, 15) is 13.9 Å². The Morgan fingerprint density at radius 2 is 2.00 bits per heavy atom. The molecule has 5 nitrogen and oxygen atoms in total. The average molecular weight is 329 g/mol. The summed E-state index contributed by atoms with van der Waals surface area (Å²) in [5.74, 6) is 0.452. The molecule has 23 heavy (non-hydrogen) atoms. The summed E-state index contributed by atoms with van der Waals surface area (Å²) in [4.78, 5) is 2.19. The van der Waals surface area contributed by atoms with Gasteiger partial charge < -0.3 is 19.3 Å². The molecule has 1 atom stereocenters. The van der Waals surface area contributed by atoms with Crippen LogP contribution in [0.25, 0.3) is 0 Å². The number of aliphatic hydroxyl groups excluding tert-OH is 1. The summed E-state index contributed by atoms with van der Waals surface area (Å²) in [6.45, 7) is 5.30. The van der Waals surface area contributed by atoms with E-state index in [4.69, 9.17) is 4.74 Å². The molecule has 3 rings (SSSR count). The van der Waals surface area contributed by atoms with Crippen LogP contribution in [0.5, 0.6) is 11.5 Å². The Bertz CT molecular complexity index is 567. The fraction of sp³-hybridized carbons (Fsp3) is 0.625. The number of nitrogens with zero attached hydrogens (tertiary/aromatic N) is 1. The van der Waals surface area contributed by atoms with Crippen LogP contribution in [0.3, 0.4) is 0 Å². The zero-order valence-corrected chi connectivity index (χ0v) is 13.1. The van der Waals surface area contributed by atoms with Gasteiger partial charge in [-0.1, -0.05) is 12.1 Å². The fourth-order valence-corrected chi connectivity index (χ4v) is 3.09. The van der Waals surface area contributed by atoms with E-state index in [1.54, 1.807) is 12.1 Å². The van der Waals surface area contributed by atoms with E-state index in [-0.39, 0.29) is 18.1 Å². The SMILES string of the molecule is CCOC[C@H]1CCN(Cc2ccc(CO)c3c2OC(F)(F)O3)C1. The number of alkyl halides is 2. The Balaban J connectivity index is 1.72. The molecule has 2 heterocycles. The molecule has 128 valence electrons. The maximum Gasteiger partial charge on any atom is 0.586 e. The number of hydrogen-bond acceptors (Lipinski definition) is 5. The minimum atomic E-state index is -3.68. The third-order valence-corrected chi connectivity index (χ3v) is 4.21. The zero-order chi connectivity index (χ0) is 16.4. The van der Waals surface area contributed by atoms with Crippen molar-refractivity contribution in [1.29, 1.82) is 0 Å². The third-order valence-electron chi connectivity index (χ3n) is 4.21. The number of benzene rings is 1. The number of ether oxygens (including phenoxy) is 3. The van der Waals surface area contributed by atoms with Crippen molar-refractivity contribution in [1.82, 2.24) is 4.90 Å². The minimum absolute atomic E-state index is 0.0369. The third kappa shape index (κ3) is 3.57. The van der Waals surface area contributed by atoms with Crippen molar-refractivity contribution < 1.29 is 28.1 Å². The maximum absolute atomic E-state index is 13.4. The van der Waals surface area contributed by atoms with Gasteiger partial charge in [-0.2, -0.15) is 0 Å². The van der Waals surface area contributed by atoms with Gasteiger partial charge in [0, 0.05) is 30.8 Å². The van der Waals surface area contributed by atoms with E-state index >= 15 is 0 Å². The molecule has 0 aliphatic carbocycles. The summed E-state index contributed by atoms with van der Waals surface area (Å²) >= 11 is 0. The van der Waals surface area contributed by atoms with E-state index in [1.807, 2.05) is 6.92 Å². The van der Waals surface area contributed by atoms with Crippen molar-refractivity contribution in [2.75, 3.05) is 26.3 Å². The number of fused-ring (bicyclic) bond motifs is 1. The van der Waals surface area contributed by atoms with Gasteiger partial charge in [0.15, 0.2) is 11.5 Å². The zero-order valence-electron chi connectivity index (χ0n) is 13.1. The number of hydrogen-bond donors (Lipinski definition) is 1. The summed E-state index contributed by atoms with van der Waals surface area (Å²) in [7, 11) is 0. The lowest BCUT2D eigenvalue weighted by Crippen LogP contribution is -2.26. The molecule has 0 aromatic heterocycles. The van der Waals surface area contributed by atoms with Gasteiger partial charge >= 0.3 is 6.29 Å². The molecule has 0 unspecified atom stereocenters. The Morgan fingerprint density at radius 3 is 2.70 bits per heavy atom. The van der Waals surface area contributed by atoms with Crippen LogP contribution in [0.1, 0.15) is 24.5 Å². The first kappa shape index (κ1) is 16.4. The lowest BCUT2D eigenvalue weighted by Gasteiger charge is -2.17. The van der Waals surface area contributed by atoms with Crippen molar-refractivity contribution in [3.8, 4) is 11.5 Å². The van der Waals surface area contributed by atoms with Gasteiger partial charge in [0.25, 0.3) is 0 Å². The summed E-state index contributed by atoms with van der Waals surface area (Å²) in [5.41, 5.74) is 0.947. The predicted molar refractivity (Wildman–Crippen MR) is 78.4 cm³/mol. The number of aliphatic hydroxyl groups is 1. The monoisotopic (exact) mass is 329 g/mol. The maximum atomic E-state index is 13.4. The van der Waals surface area contributed by atoms with Gasteiger partial charge in [-0.3, -0.25) is 4.90 Å². The van der Waals surface area contributed by atoms with E-state index in [1.165, 1.54) is 0 Å². The van der Waals surface area contributed by atoms with Gasteiger partial charge in [0.05, 0.1) is 13.2 Å². The van der Waals surface area contributed by atoms with Gasteiger partial charge in [-0.25, -0.2) is 0 Å². The van der Waals surface area contributed by atoms with Crippen LogP contribution < -0.4 is 9.47 Å². The van der Waals surface area contributed by atoms with Gasteiger partial charge in [-0.05, 0) is 25.8 Å². The molecular formula is C16H21F2NO4. The molecule has 1 saturated heterocycles. The topological polar surface area (TPSA) is 51.2 Å². The minimum Gasteiger partial charge on any atom is -0.395 e. The van der Waals surface area contributed by atoms with Crippen molar-refractivity contribution in [3.63, 3.8) is 0 Å². The summed E-state index contributed by atoms with van der Waals surface area (Å²) in [5, 5.41) is 9.26. The van der Waals surface area contributed by atoms with Crippen LogP contribution in [0.2, 0.25) is 0 Å². The molecule has 7 heteroatoms. The molecular weight excluding hydrogens is 308 g/mol. The Morgan fingerprint density at radius 1 is 1.30 bits per heavy atom. The highest BCUT2D eigenvalue weighted by Crippen LogP contribution is 2.46. The first-order valence-electron chi connectivity index (χ1n) is 7.84. The molecule has 0 bridgehead atoms. The second-order valence-electron chi connectivity index (χ2n) is 5.92. The largest absolute Gasteiger partial charge is 0.586 e. The van der Waals surface area contributed by atoms with E-state index in [0.29, 0.717) is 30.2 Å². The molecule has 0 amide bonds. The highest BCUT2D eigenvalue weighted by molar-refractivity contribution is 5.53. The number of halogens is 2. The van der Waals surface area contributed by atoms with Crippen molar-refractivity contribution in [3.05, 3.63) is 23.3 Å². The predicted octanol–water partition coefficient (Wildman–Crippen LogP) is 2.36. The van der Waals surface area contributed by atoms with Crippen LogP contribution in [0, 0.1) is 5.92 Å². The van der Waals surface area contributed by atoms with E-state index < -0.39 is 6.29 Å². The molecule has 1 aromatic rings. The molecule has 2 aliphatic rings. The molecule has 2 aliphatic heterocycles.